The van der Waals surface area contributed by atoms with Crippen LogP contribution in [0.5, 0.6) is 11.5 Å². The normalized spacial score (nSPS) is 20.4. The number of amides is 2. The molecule has 2 amide bonds. The van der Waals surface area contributed by atoms with Crippen molar-refractivity contribution >= 4 is 17.5 Å². The van der Waals surface area contributed by atoms with Gasteiger partial charge in [-0.2, -0.15) is 0 Å². The fourth-order valence-electron chi connectivity index (χ4n) is 3.58. The molecule has 1 aliphatic carbocycles. The SMILES string of the molecule is COc1ccc(OC)c(N2CC(C(=O)N(C)CC3CCC3)CC2=O)c1. The second-order valence-electron chi connectivity index (χ2n) is 6.96. The van der Waals surface area contributed by atoms with Crippen LogP contribution >= 0.6 is 0 Å². The highest BCUT2D eigenvalue weighted by molar-refractivity contribution is 6.01. The fourth-order valence-corrected chi connectivity index (χ4v) is 3.58. The van der Waals surface area contributed by atoms with Crippen LogP contribution in [0.3, 0.4) is 0 Å². The van der Waals surface area contributed by atoms with Crippen LogP contribution < -0.4 is 14.4 Å². The summed E-state index contributed by atoms with van der Waals surface area (Å²) in [6.45, 7) is 1.18. The summed E-state index contributed by atoms with van der Waals surface area (Å²) in [4.78, 5) is 28.7. The number of methoxy groups -OCH3 is 2. The van der Waals surface area contributed by atoms with Crippen molar-refractivity contribution in [2.75, 3.05) is 39.3 Å². The van der Waals surface area contributed by atoms with Gasteiger partial charge in [-0.1, -0.05) is 6.42 Å². The largest absolute Gasteiger partial charge is 0.497 e. The molecule has 25 heavy (non-hydrogen) atoms. The van der Waals surface area contributed by atoms with E-state index in [0.717, 1.165) is 6.54 Å². The van der Waals surface area contributed by atoms with Crippen LogP contribution in [0.15, 0.2) is 18.2 Å². The lowest BCUT2D eigenvalue weighted by Gasteiger charge is -2.31. The van der Waals surface area contributed by atoms with Crippen LogP contribution in [0.2, 0.25) is 0 Å². The molecule has 2 aliphatic rings. The lowest BCUT2D eigenvalue weighted by Crippen LogP contribution is -2.39. The first-order chi connectivity index (χ1) is 12.0. The maximum Gasteiger partial charge on any atom is 0.227 e. The summed E-state index contributed by atoms with van der Waals surface area (Å²) in [5, 5.41) is 0. The van der Waals surface area contributed by atoms with Gasteiger partial charge in [0.2, 0.25) is 11.8 Å². The van der Waals surface area contributed by atoms with Gasteiger partial charge in [0.25, 0.3) is 0 Å². The Morgan fingerprint density at radius 3 is 2.64 bits per heavy atom. The van der Waals surface area contributed by atoms with Gasteiger partial charge in [0.05, 0.1) is 25.8 Å². The van der Waals surface area contributed by atoms with Gasteiger partial charge in [-0.25, -0.2) is 0 Å². The molecule has 0 radical (unpaired) electrons. The molecule has 2 fully saturated rings. The van der Waals surface area contributed by atoms with E-state index in [1.54, 1.807) is 42.2 Å². The highest BCUT2D eigenvalue weighted by Crippen LogP contribution is 2.36. The Kier molecular flexibility index (Phi) is 5.16. The lowest BCUT2D eigenvalue weighted by molar-refractivity contribution is -0.135. The summed E-state index contributed by atoms with van der Waals surface area (Å²) in [6.07, 6.45) is 3.91. The molecule has 1 aliphatic heterocycles. The minimum atomic E-state index is -0.298. The summed E-state index contributed by atoms with van der Waals surface area (Å²) in [5.74, 6) is 1.59. The Labute approximate surface area is 148 Å². The quantitative estimate of drug-likeness (QED) is 0.793. The van der Waals surface area contributed by atoms with Crippen LogP contribution in [-0.4, -0.2) is 51.1 Å². The van der Waals surface area contributed by atoms with Gasteiger partial charge in [-0.3, -0.25) is 9.59 Å². The zero-order chi connectivity index (χ0) is 18.0. The average Bonchev–Trinajstić information content (AvgIpc) is 2.98. The molecular formula is C19H26N2O4. The zero-order valence-corrected chi connectivity index (χ0v) is 15.2. The third kappa shape index (κ3) is 3.57. The second-order valence-corrected chi connectivity index (χ2v) is 6.96. The van der Waals surface area contributed by atoms with Gasteiger partial charge < -0.3 is 19.3 Å². The highest BCUT2D eigenvalue weighted by Gasteiger charge is 2.38. The zero-order valence-electron chi connectivity index (χ0n) is 15.2. The van der Waals surface area contributed by atoms with Gasteiger partial charge in [-0.15, -0.1) is 0 Å². The van der Waals surface area contributed by atoms with Crippen molar-refractivity contribution in [3.05, 3.63) is 18.2 Å². The third-order valence-electron chi connectivity index (χ3n) is 5.28. The lowest BCUT2D eigenvalue weighted by atomic mass is 9.85. The number of anilines is 1. The Bertz CT molecular complexity index is 657. The van der Waals surface area contributed by atoms with E-state index in [2.05, 4.69) is 0 Å². The molecule has 136 valence electrons. The van der Waals surface area contributed by atoms with Gasteiger partial charge >= 0.3 is 0 Å². The molecule has 1 aromatic carbocycles. The molecule has 0 bridgehead atoms. The number of rotatable bonds is 6. The smallest absolute Gasteiger partial charge is 0.227 e. The molecule has 1 aromatic rings. The van der Waals surface area contributed by atoms with Gasteiger partial charge in [0.15, 0.2) is 0 Å². The van der Waals surface area contributed by atoms with Gasteiger partial charge in [-0.05, 0) is 30.9 Å². The number of nitrogens with zero attached hydrogens (tertiary/aromatic N) is 2. The number of carbonyl (C=O) groups excluding carboxylic acids is 2. The molecule has 6 nitrogen and oxygen atoms in total. The van der Waals surface area contributed by atoms with Crippen molar-refractivity contribution in [2.24, 2.45) is 11.8 Å². The standard InChI is InChI=1S/C19H26N2O4/c1-20(11-13-5-4-6-13)19(23)14-9-18(22)21(12-14)16-10-15(24-2)7-8-17(16)25-3/h7-8,10,13-14H,4-6,9,11-12H2,1-3H3. The minimum Gasteiger partial charge on any atom is -0.497 e. The van der Waals surface area contributed by atoms with Crippen molar-refractivity contribution in [3.8, 4) is 11.5 Å². The first kappa shape index (κ1) is 17.6. The third-order valence-corrected chi connectivity index (χ3v) is 5.28. The van der Waals surface area contributed by atoms with Crippen LogP contribution in [0, 0.1) is 11.8 Å². The minimum absolute atomic E-state index is 0.0538. The summed E-state index contributed by atoms with van der Waals surface area (Å²) >= 11 is 0. The summed E-state index contributed by atoms with van der Waals surface area (Å²) in [6, 6.07) is 5.35. The molecule has 1 saturated heterocycles. The van der Waals surface area contributed by atoms with E-state index >= 15 is 0 Å². The predicted octanol–water partition coefficient (Wildman–Crippen LogP) is 2.32. The van der Waals surface area contributed by atoms with E-state index in [-0.39, 0.29) is 24.2 Å². The maximum atomic E-state index is 12.7. The number of benzene rings is 1. The first-order valence-electron chi connectivity index (χ1n) is 8.80. The summed E-state index contributed by atoms with van der Waals surface area (Å²) in [5.41, 5.74) is 0.656. The topological polar surface area (TPSA) is 59.1 Å². The Morgan fingerprint density at radius 1 is 1.28 bits per heavy atom. The highest BCUT2D eigenvalue weighted by atomic mass is 16.5. The fraction of sp³-hybridized carbons (Fsp3) is 0.579. The van der Waals surface area contributed by atoms with Crippen molar-refractivity contribution in [1.29, 1.82) is 0 Å². The van der Waals surface area contributed by atoms with Crippen LogP contribution in [0.25, 0.3) is 0 Å². The molecule has 1 atom stereocenters. The van der Waals surface area contributed by atoms with E-state index in [0.29, 0.717) is 29.6 Å². The maximum absolute atomic E-state index is 12.7. The molecule has 3 rings (SSSR count). The monoisotopic (exact) mass is 346 g/mol. The van der Waals surface area contributed by atoms with Gasteiger partial charge in [0.1, 0.15) is 11.5 Å². The van der Waals surface area contributed by atoms with E-state index in [1.807, 2.05) is 7.05 Å². The van der Waals surface area contributed by atoms with E-state index in [9.17, 15) is 9.59 Å². The number of carbonyl (C=O) groups is 2. The van der Waals surface area contributed by atoms with Gasteiger partial charge in [0, 0.05) is 32.6 Å². The molecule has 1 saturated carbocycles. The van der Waals surface area contributed by atoms with Crippen molar-refractivity contribution in [1.82, 2.24) is 4.90 Å². The molecule has 6 heteroatoms. The Hall–Kier alpha value is -2.24. The number of hydrogen-bond acceptors (Lipinski definition) is 4. The van der Waals surface area contributed by atoms with Crippen LogP contribution in [0.4, 0.5) is 5.69 Å². The molecular weight excluding hydrogens is 320 g/mol. The second kappa shape index (κ2) is 7.33. The Morgan fingerprint density at radius 2 is 2.04 bits per heavy atom. The number of ether oxygens (including phenoxy) is 2. The van der Waals surface area contributed by atoms with Crippen LogP contribution in [0.1, 0.15) is 25.7 Å². The average molecular weight is 346 g/mol. The molecule has 0 N–H and O–H groups in total. The number of hydrogen-bond donors (Lipinski definition) is 0. The summed E-state index contributed by atoms with van der Waals surface area (Å²) < 4.78 is 10.6. The van der Waals surface area contributed by atoms with E-state index < -0.39 is 0 Å². The van der Waals surface area contributed by atoms with Crippen molar-refractivity contribution in [2.45, 2.75) is 25.7 Å². The molecule has 0 spiro atoms. The molecule has 1 unspecified atom stereocenters. The first-order valence-corrected chi connectivity index (χ1v) is 8.80. The van der Waals surface area contributed by atoms with Crippen molar-refractivity contribution in [3.63, 3.8) is 0 Å². The predicted molar refractivity (Wildman–Crippen MR) is 95.0 cm³/mol. The molecule has 1 heterocycles. The van der Waals surface area contributed by atoms with E-state index in [4.69, 9.17) is 9.47 Å². The van der Waals surface area contributed by atoms with Crippen LogP contribution in [-0.2, 0) is 9.59 Å². The summed E-state index contributed by atoms with van der Waals surface area (Å²) in [7, 11) is 5.00. The Balaban J connectivity index is 1.72. The van der Waals surface area contributed by atoms with E-state index in [1.165, 1.54) is 19.3 Å². The van der Waals surface area contributed by atoms with Crippen molar-refractivity contribution < 1.29 is 19.1 Å². The molecule has 0 aromatic heterocycles.